The highest BCUT2D eigenvalue weighted by atomic mass is 16.3. The van der Waals surface area contributed by atoms with Crippen LogP contribution in [0.4, 0.5) is 0 Å². The Kier molecular flexibility index (Phi) is 4.19. The average Bonchev–Trinajstić information content (AvgIpc) is 2.72. The monoisotopic (exact) mass is 218 g/mol. The molecule has 1 aromatic rings. The molecule has 0 amide bonds. The van der Waals surface area contributed by atoms with Crippen molar-refractivity contribution < 1.29 is 14.6 Å². The van der Waals surface area contributed by atoms with Gasteiger partial charge in [-0.3, -0.25) is 0 Å². The third-order valence-corrected chi connectivity index (χ3v) is 2.04. The highest BCUT2D eigenvalue weighted by Crippen LogP contribution is 2.08. The molecule has 0 spiro atoms. The van der Waals surface area contributed by atoms with Gasteiger partial charge in [0.15, 0.2) is 11.5 Å². The number of aliphatic hydroxyl groups is 2. The highest BCUT2D eigenvalue weighted by molar-refractivity contribution is 5.34. The lowest BCUT2D eigenvalue weighted by atomic mass is 10.1. The van der Waals surface area contributed by atoms with E-state index in [-0.39, 0.29) is 6.61 Å². The summed E-state index contributed by atoms with van der Waals surface area (Å²) in [6.45, 7) is 3.30. The molecule has 0 bridgehead atoms. The maximum absolute atomic E-state index is 9.66. The van der Waals surface area contributed by atoms with E-state index in [1.54, 1.807) is 19.1 Å². The van der Waals surface area contributed by atoms with Crippen molar-refractivity contribution >= 4 is 0 Å². The van der Waals surface area contributed by atoms with Gasteiger partial charge in [0.1, 0.15) is 12.2 Å². The Morgan fingerprint density at radius 1 is 1.31 bits per heavy atom. The van der Waals surface area contributed by atoms with Gasteiger partial charge < -0.3 is 14.6 Å². The predicted molar refractivity (Wildman–Crippen MR) is 60.5 cm³/mol. The quantitative estimate of drug-likeness (QED) is 0.695. The molecule has 0 aliphatic heterocycles. The highest BCUT2D eigenvalue weighted by Gasteiger charge is 2.12. The van der Waals surface area contributed by atoms with E-state index in [0.29, 0.717) is 17.9 Å². The second kappa shape index (κ2) is 5.42. The minimum atomic E-state index is -0.996. The molecule has 1 atom stereocenters. The van der Waals surface area contributed by atoms with Gasteiger partial charge >= 0.3 is 0 Å². The van der Waals surface area contributed by atoms with Crippen LogP contribution >= 0.6 is 0 Å². The van der Waals surface area contributed by atoms with Crippen LogP contribution < -0.4 is 0 Å². The zero-order chi connectivity index (χ0) is 12.0. The van der Waals surface area contributed by atoms with E-state index in [1.165, 1.54) is 0 Å². The predicted octanol–water partition coefficient (Wildman–Crippen LogP) is 1.14. The van der Waals surface area contributed by atoms with Crippen LogP contribution in [0, 0.1) is 23.7 Å². The number of hydrogen-bond acceptors (Lipinski definition) is 3. The molecule has 3 nitrogen and oxygen atoms in total. The van der Waals surface area contributed by atoms with Crippen molar-refractivity contribution in [3.8, 4) is 23.7 Å². The van der Waals surface area contributed by atoms with E-state index in [4.69, 9.17) is 9.52 Å². The number of aliphatic hydroxyl groups excluding tert-OH is 1. The number of hydrogen-bond donors (Lipinski definition) is 2. The summed E-state index contributed by atoms with van der Waals surface area (Å²) in [5, 5.41) is 18.2. The molecule has 0 fully saturated rings. The Bertz CT molecular complexity index is 461. The Labute approximate surface area is 95.1 Å². The topological polar surface area (TPSA) is 53.6 Å². The van der Waals surface area contributed by atoms with E-state index < -0.39 is 5.60 Å². The zero-order valence-corrected chi connectivity index (χ0v) is 9.37. The fraction of sp³-hybridized carbons (Fsp3) is 0.385. The smallest absolute Gasteiger partial charge is 0.178 e. The molecule has 0 aliphatic carbocycles. The number of rotatable bonds is 1. The molecular formula is C13H14O3. The standard InChI is InChI=1S/C13H14O3/c1-3-13(2,15)9-8-12-7-6-11(16-12)5-4-10-14/h6-7,14-15H,3,10H2,1-2H3. The molecule has 1 aromatic heterocycles. The van der Waals surface area contributed by atoms with E-state index in [1.807, 2.05) is 6.92 Å². The molecule has 0 aromatic carbocycles. The first-order valence-corrected chi connectivity index (χ1v) is 5.02. The molecular weight excluding hydrogens is 204 g/mol. The van der Waals surface area contributed by atoms with Crippen molar-refractivity contribution in [1.82, 2.24) is 0 Å². The van der Waals surface area contributed by atoms with Crippen molar-refractivity contribution in [2.75, 3.05) is 6.61 Å². The first-order valence-electron chi connectivity index (χ1n) is 5.02. The summed E-state index contributed by atoms with van der Waals surface area (Å²) in [6, 6.07) is 3.35. The van der Waals surface area contributed by atoms with Crippen LogP contribution in [0.1, 0.15) is 31.8 Å². The van der Waals surface area contributed by atoms with Crippen molar-refractivity contribution in [3.63, 3.8) is 0 Å². The molecule has 2 N–H and O–H groups in total. The molecule has 0 aliphatic rings. The third kappa shape index (κ3) is 3.82. The largest absolute Gasteiger partial charge is 0.439 e. The maximum Gasteiger partial charge on any atom is 0.178 e. The summed E-state index contributed by atoms with van der Waals surface area (Å²) in [4.78, 5) is 0. The zero-order valence-electron chi connectivity index (χ0n) is 9.37. The fourth-order valence-corrected chi connectivity index (χ4v) is 0.884. The van der Waals surface area contributed by atoms with Crippen LogP contribution in [0.15, 0.2) is 16.5 Å². The molecule has 84 valence electrons. The van der Waals surface area contributed by atoms with Gasteiger partial charge in [0.25, 0.3) is 0 Å². The number of furan rings is 1. The van der Waals surface area contributed by atoms with E-state index in [2.05, 4.69) is 23.7 Å². The SMILES string of the molecule is CCC(C)(O)C#Cc1ccc(C#CCO)o1. The van der Waals surface area contributed by atoms with Crippen molar-refractivity contribution in [1.29, 1.82) is 0 Å². The van der Waals surface area contributed by atoms with E-state index in [9.17, 15) is 5.11 Å². The summed E-state index contributed by atoms with van der Waals surface area (Å²) in [5.41, 5.74) is -0.996. The van der Waals surface area contributed by atoms with Gasteiger partial charge in [-0.05, 0) is 37.3 Å². The third-order valence-electron chi connectivity index (χ3n) is 2.04. The van der Waals surface area contributed by atoms with Gasteiger partial charge in [-0.1, -0.05) is 18.8 Å². The molecule has 3 heteroatoms. The molecule has 0 radical (unpaired) electrons. The van der Waals surface area contributed by atoms with Crippen LogP contribution in [0.2, 0.25) is 0 Å². The first-order chi connectivity index (χ1) is 7.57. The first kappa shape index (κ1) is 12.4. The molecule has 16 heavy (non-hydrogen) atoms. The van der Waals surface area contributed by atoms with Crippen LogP contribution in [0.25, 0.3) is 0 Å². The van der Waals surface area contributed by atoms with Crippen molar-refractivity contribution in [3.05, 3.63) is 23.7 Å². The van der Waals surface area contributed by atoms with Crippen LogP contribution in [-0.4, -0.2) is 22.4 Å². The van der Waals surface area contributed by atoms with Crippen LogP contribution in [0.3, 0.4) is 0 Å². The van der Waals surface area contributed by atoms with Gasteiger partial charge in [-0.15, -0.1) is 0 Å². The van der Waals surface area contributed by atoms with Gasteiger partial charge in [-0.25, -0.2) is 0 Å². The summed E-state index contributed by atoms with van der Waals surface area (Å²) >= 11 is 0. The normalized spacial score (nSPS) is 13.0. The molecule has 0 saturated carbocycles. The van der Waals surface area contributed by atoms with Gasteiger partial charge in [0.05, 0.1) is 0 Å². The lowest BCUT2D eigenvalue weighted by molar-refractivity contribution is 0.118. The molecule has 1 rings (SSSR count). The van der Waals surface area contributed by atoms with Gasteiger partial charge in [0.2, 0.25) is 0 Å². The minimum Gasteiger partial charge on any atom is -0.439 e. The average molecular weight is 218 g/mol. The summed E-state index contributed by atoms with van der Waals surface area (Å²) in [7, 11) is 0. The summed E-state index contributed by atoms with van der Waals surface area (Å²) in [6.07, 6.45) is 0.553. The van der Waals surface area contributed by atoms with Gasteiger partial charge in [0, 0.05) is 0 Å². The molecule has 1 unspecified atom stereocenters. The minimum absolute atomic E-state index is 0.202. The Balaban J connectivity index is 2.80. The lowest BCUT2D eigenvalue weighted by Crippen LogP contribution is -2.19. The van der Waals surface area contributed by atoms with Gasteiger partial charge in [-0.2, -0.15) is 0 Å². The van der Waals surface area contributed by atoms with Crippen molar-refractivity contribution in [2.45, 2.75) is 25.9 Å². The molecule has 1 heterocycles. The van der Waals surface area contributed by atoms with Crippen molar-refractivity contribution in [2.24, 2.45) is 0 Å². The van der Waals surface area contributed by atoms with Crippen LogP contribution in [-0.2, 0) is 0 Å². The van der Waals surface area contributed by atoms with E-state index in [0.717, 1.165) is 0 Å². The second-order valence-corrected chi connectivity index (χ2v) is 3.50. The second-order valence-electron chi connectivity index (χ2n) is 3.50. The fourth-order valence-electron chi connectivity index (χ4n) is 0.884. The Hall–Kier alpha value is -1.68. The maximum atomic E-state index is 9.66. The Morgan fingerprint density at radius 3 is 2.50 bits per heavy atom. The summed E-state index contributed by atoms with van der Waals surface area (Å²) < 4.78 is 5.26. The van der Waals surface area contributed by atoms with E-state index >= 15 is 0 Å². The Morgan fingerprint density at radius 2 is 1.94 bits per heavy atom. The molecule has 0 saturated heterocycles. The summed E-state index contributed by atoms with van der Waals surface area (Å²) in [5.74, 6) is 11.5. The van der Waals surface area contributed by atoms with Crippen LogP contribution in [0.5, 0.6) is 0 Å². The lowest BCUT2D eigenvalue weighted by Gasteiger charge is -2.11.